The molecule has 3 N–H and O–H groups in total. The first-order chi connectivity index (χ1) is 9.43. The number of likely N-dealkylation sites (N-methyl/N-ethyl adjacent to an activating group) is 1. The van der Waals surface area contributed by atoms with Crippen molar-refractivity contribution in [3.05, 3.63) is 29.8 Å². The van der Waals surface area contributed by atoms with Crippen molar-refractivity contribution in [1.82, 2.24) is 10.2 Å². The number of nitrogen functional groups attached to an aromatic ring is 1. The molecule has 112 valence electrons. The number of anilines is 1. The molecule has 0 bridgehead atoms. The molecule has 1 amide bonds. The molecular weight excluding hydrogens is 250 g/mol. The van der Waals surface area contributed by atoms with Crippen molar-refractivity contribution in [3.8, 4) is 0 Å². The number of hydrogen-bond acceptors (Lipinski definition) is 3. The van der Waals surface area contributed by atoms with E-state index in [1.54, 1.807) is 0 Å². The summed E-state index contributed by atoms with van der Waals surface area (Å²) in [5, 5.41) is 3.03. The van der Waals surface area contributed by atoms with E-state index >= 15 is 0 Å². The first kappa shape index (κ1) is 16.5. The molecule has 0 saturated carbocycles. The van der Waals surface area contributed by atoms with E-state index in [-0.39, 0.29) is 11.9 Å². The summed E-state index contributed by atoms with van der Waals surface area (Å²) in [4.78, 5) is 14.1. The number of carbonyl (C=O) groups is 1. The average molecular weight is 277 g/mol. The topological polar surface area (TPSA) is 58.4 Å². The second-order valence-electron chi connectivity index (χ2n) is 5.60. The standard InChI is InChI=1S/C16H27N3O/c1-5-19(10-14-8-6-7-9-15(14)17)11-16(20)18-13(4)12(2)3/h6-9,12-13H,5,10-11,17H2,1-4H3,(H,18,20). The van der Waals surface area contributed by atoms with Gasteiger partial charge >= 0.3 is 0 Å². The quantitative estimate of drug-likeness (QED) is 0.752. The van der Waals surface area contributed by atoms with Crippen molar-refractivity contribution in [1.29, 1.82) is 0 Å². The third-order valence-electron chi connectivity index (χ3n) is 3.65. The van der Waals surface area contributed by atoms with Crippen molar-refractivity contribution < 1.29 is 4.79 Å². The van der Waals surface area contributed by atoms with Crippen LogP contribution in [0.15, 0.2) is 24.3 Å². The third-order valence-corrected chi connectivity index (χ3v) is 3.65. The number of rotatable bonds is 7. The lowest BCUT2D eigenvalue weighted by atomic mass is 10.1. The fraction of sp³-hybridized carbons (Fsp3) is 0.562. The maximum absolute atomic E-state index is 12.0. The number of nitrogens with two attached hydrogens (primary N) is 1. The monoisotopic (exact) mass is 277 g/mol. The number of nitrogens with zero attached hydrogens (tertiary/aromatic N) is 1. The highest BCUT2D eigenvalue weighted by Gasteiger charge is 2.14. The summed E-state index contributed by atoms with van der Waals surface area (Å²) in [5.41, 5.74) is 7.80. The zero-order chi connectivity index (χ0) is 15.1. The van der Waals surface area contributed by atoms with E-state index < -0.39 is 0 Å². The molecule has 1 rings (SSSR count). The average Bonchev–Trinajstić information content (AvgIpc) is 2.40. The highest BCUT2D eigenvalue weighted by molar-refractivity contribution is 5.78. The first-order valence-electron chi connectivity index (χ1n) is 7.29. The van der Waals surface area contributed by atoms with E-state index in [9.17, 15) is 4.79 Å². The van der Waals surface area contributed by atoms with Gasteiger partial charge in [-0.05, 0) is 31.0 Å². The van der Waals surface area contributed by atoms with Crippen LogP contribution in [0.5, 0.6) is 0 Å². The number of hydrogen-bond donors (Lipinski definition) is 2. The van der Waals surface area contributed by atoms with Gasteiger partial charge in [0.05, 0.1) is 6.54 Å². The lowest BCUT2D eigenvalue weighted by Crippen LogP contribution is -2.42. The molecule has 0 aromatic heterocycles. The smallest absolute Gasteiger partial charge is 0.234 e. The Kier molecular flexibility index (Phi) is 6.52. The maximum atomic E-state index is 12.0. The van der Waals surface area contributed by atoms with Crippen LogP contribution in [-0.4, -0.2) is 29.9 Å². The summed E-state index contributed by atoms with van der Waals surface area (Å²) in [6, 6.07) is 7.99. The van der Waals surface area contributed by atoms with E-state index in [1.807, 2.05) is 31.2 Å². The zero-order valence-electron chi connectivity index (χ0n) is 13.0. The molecule has 0 aliphatic carbocycles. The molecule has 4 heteroatoms. The minimum atomic E-state index is 0.0718. The molecule has 1 atom stereocenters. The van der Waals surface area contributed by atoms with Crippen molar-refractivity contribution in [2.24, 2.45) is 5.92 Å². The van der Waals surface area contributed by atoms with Crippen LogP contribution in [0.1, 0.15) is 33.3 Å². The summed E-state index contributed by atoms with van der Waals surface area (Å²) in [7, 11) is 0. The largest absolute Gasteiger partial charge is 0.398 e. The molecule has 20 heavy (non-hydrogen) atoms. The summed E-state index contributed by atoms with van der Waals surface area (Å²) in [6.07, 6.45) is 0. The van der Waals surface area contributed by atoms with E-state index in [4.69, 9.17) is 5.73 Å². The minimum absolute atomic E-state index is 0.0718. The highest BCUT2D eigenvalue weighted by atomic mass is 16.2. The van der Waals surface area contributed by atoms with Gasteiger partial charge in [-0.25, -0.2) is 0 Å². The summed E-state index contributed by atoms with van der Waals surface area (Å²) >= 11 is 0. The van der Waals surface area contributed by atoms with Crippen LogP contribution in [0.25, 0.3) is 0 Å². The lowest BCUT2D eigenvalue weighted by molar-refractivity contribution is -0.123. The van der Waals surface area contributed by atoms with Crippen LogP contribution in [0, 0.1) is 5.92 Å². The Bertz CT molecular complexity index is 431. The van der Waals surface area contributed by atoms with Crippen LogP contribution in [0.2, 0.25) is 0 Å². The van der Waals surface area contributed by atoms with Gasteiger partial charge in [0.2, 0.25) is 5.91 Å². The molecular formula is C16H27N3O. The Hall–Kier alpha value is -1.55. The number of benzene rings is 1. The van der Waals surface area contributed by atoms with Crippen molar-refractivity contribution in [2.45, 2.75) is 40.3 Å². The van der Waals surface area contributed by atoms with Crippen LogP contribution >= 0.6 is 0 Å². The Morgan fingerprint density at radius 1 is 1.30 bits per heavy atom. The molecule has 4 nitrogen and oxygen atoms in total. The minimum Gasteiger partial charge on any atom is -0.398 e. The van der Waals surface area contributed by atoms with E-state index in [2.05, 4.69) is 31.0 Å². The molecule has 0 fully saturated rings. The Balaban J connectivity index is 2.55. The highest BCUT2D eigenvalue weighted by Crippen LogP contribution is 2.13. The van der Waals surface area contributed by atoms with Crippen molar-refractivity contribution in [2.75, 3.05) is 18.8 Å². The summed E-state index contributed by atoms with van der Waals surface area (Å²) in [6.45, 7) is 10.2. The number of amides is 1. The van der Waals surface area contributed by atoms with Gasteiger partial charge in [-0.15, -0.1) is 0 Å². The second-order valence-corrected chi connectivity index (χ2v) is 5.60. The van der Waals surface area contributed by atoms with Gasteiger partial charge in [-0.1, -0.05) is 39.0 Å². The van der Waals surface area contributed by atoms with Gasteiger partial charge in [-0.3, -0.25) is 9.69 Å². The Morgan fingerprint density at radius 3 is 2.50 bits per heavy atom. The summed E-state index contributed by atoms with van der Waals surface area (Å²) < 4.78 is 0. The van der Waals surface area contributed by atoms with Gasteiger partial charge in [0.1, 0.15) is 0 Å². The van der Waals surface area contributed by atoms with E-state index in [1.165, 1.54) is 0 Å². The SMILES string of the molecule is CCN(CC(=O)NC(C)C(C)C)Cc1ccccc1N. The lowest BCUT2D eigenvalue weighted by Gasteiger charge is -2.23. The Morgan fingerprint density at radius 2 is 1.95 bits per heavy atom. The van der Waals surface area contributed by atoms with Crippen LogP contribution < -0.4 is 11.1 Å². The fourth-order valence-corrected chi connectivity index (χ4v) is 1.87. The number of para-hydroxylation sites is 1. The molecule has 0 spiro atoms. The molecule has 1 aromatic carbocycles. The molecule has 0 heterocycles. The van der Waals surface area contributed by atoms with Gasteiger partial charge in [0, 0.05) is 18.3 Å². The molecule has 1 aromatic rings. The number of carbonyl (C=O) groups excluding carboxylic acids is 1. The molecule has 0 aliphatic rings. The maximum Gasteiger partial charge on any atom is 0.234 e. The van der Waals surface area contributed by atoms with Gasteiger partial charge < -0.3 is 11.1 Å². The predicted octanol–water partition coefficient (Wildman–Crippen LogP) is 2.25. The fourth-order valence-electron chi connectivity index (χ4n) is 1.87. The predicted molar refractivity (Wildman–Crippen MR) is 84.2 cm³/mol. The molecule has 1 unspecified atom stereocenters. The summed E-state index contributed by atoms with van der Waals surface area (Å²) in [5.74, 6) is 0.515. The number of nitrogens with one attached hydrogen (secondary N) is 1. The van der Waals surface area contributed by atoms with Gasteiger partial charge in [0.25, 0.3) is 0 Å². The molecule has 0 aliphatic heterocycles. The van der Waals surface area contributed by atoms with Crippen molar-refractivity contribution >= 4 is 11.6 Å². The van der Waals surface area contributed by atoms with Crippen LogP contribution in [0.3, 0.4) is 0 Å². The zero-order valence-corrected chi connectivity index (χ0v) is 13.0. The first-order valence-corrected chi connectivity index (χ1v) is 7.29. The van der Waals surface area contributed by atoms with Gasteiger partial charge in [-0.2, -0.15) is 0 Å². The van der Waals surface area contributed by atoms with Gasteiger partial charge in [0.15, 0.2) is 0 Å². The Labute approximate surface area is 122 Å². The normalized spacial score (nSPS) is 12.7. The van der Waals surface area contributed by atoms with Crippen LogP contribution in [-0.2, 0) is 11.3 Å². The van der Waals surface area contributed by atoms with Crippen molar-refractivity contribution in [3.63, 3.8) is 0 Å². The van der Waals surface area contributed by atoms with E-state index in [0.717, 1.165) is 17.8 Å². The van der Waals surface area contributed by atoms with Crippen LogP contribution in [0.4, 0.5) is 5.69 Å². The molecule has 0 radical (unpaired) electrons. The van der Waals surface area contributed by atoms with E-state index in [0.29, 0.717) is 19.0 Å². The second kappa shape index (κ2) is 7.90. The molecule has 0 saturated heterocycles. The third kappa shape index (κ3) is 5.21.